The predicted octanol–water partition coefficient (Wildman–Crippen LogP) is 2.99. The third kappa shape index (κ3) is 3.43. The summed E-state index contributed by atoms with van der Waals surface area (Å²) in [5.74, 6) is 1.11. The Morgan fingerprint density at radius 3 is 2.45 bits per heavy atom. The number of alkyl halides is 3. The van der Waals surface area contributed by atoms with E-state index >= 15 is 0 Å². The zero-order valence-electron chi connectivity index (χ0n) is 10.7. The minimum Gasteiger partial charge on any atom is -0.493 e. The molecule has 1 aromatic carbocycles. The van der Waals surface area contributed by atoms with Crippen molar-refractivity contribution in [1.82, 2.24) is 9.78 Å². The molecule has 0 aliphatic rings. The molecule has 0 bridgehead atoms. The summed E-state index contributed by atoms with van der Waals surface area (Å²) in [5, 5.41) is 3.44. The zero-order valence-corrected chi connectivity index (χ0v) is 10.7. The Labute approximate surface area is 113 Å². The van der Waals surface area contributed by atoms with Crippen molar-refractivity contribution in [2.24, 2.45) is 0 Å². The molecule has 7 heteroatoms. The van der Waals surface area contributed by atoms with Gasteiger partial charge < -0.3 is 9.47 Å². The van der Waals surface area contributed by atoms with Crippen LogP contribution in [0.2, 0.25) is 0 Å². The number of nitrogens with zero attached hydrogens (tertiary/aromatic N) is 2. The molecule has 2 aromatic rings. The summed E-state index contributed by atoms with van der Waals surface area (Å²) in [6.45, 7) is 0.410. The summed E-state index contributed by atoms with van der Waals surface area (Å²) < 4.78 is 48.8. The molecule has 0 amide bonds. The molecule has 0 spiro atoms. The number of ether oxygens (including phenoxy) is 2. The summed E-state index contributed by atoms with van der Waals surface area (Å²) in [5.41, 5.74) is -0.908. The van der Waals surface area contributed by atoms with Gasteiger partial charge in [0.15, 0.2) is 17.2 Å². The molecule has 0 aliphatic heterocycles. The summed E-state index contributed by atoms with van der Waals surface area (Å²) in [7, 11) is 1.52. The van der Waals surface area contributed by atoms with Gasteiger partial charge in [-0.3, -0.25) is 4.68 Å². The first-order valence-electron chi connectivity index (χ1n) is 5.87. The summed E-state index contributed by atoms with van der Waals surface area (Å²) in [4.78, 5) is 0. The first-order chi connectivity index (χ1) is 9.50. The average Bonchev–Trinajstić information content (AvgIpc) is 2.88. The summed E-state index contributed by atoms with van der Waals surface area (Å²) in [6, 6.07) is 7.99. The number of halogens is 3. The zero-order chi connectivity index (χ0) is 14.6. The normalized spacial score (nSPS) is 11.4. The molecular formula is C13H13F3N2O2. The Balaban J connectivity index is 1.91. The molecule has 108 valence electrons. The molecule has 0 saturated heterocycles. The predicted molar refractivity (Wildman–Crippen MR) is 65.7 cm³/mol. The van der Waals surface area contributed by atoms with Crippen LogP contribution in [0.5, 0.6) is 11.5 Å². The number of methoxy groups -OCH3 is 1. The Hall–Kier alpha value is -2.18. The second-order valence-electron chi connectivity index (χ2n) is 3.96. The Kier molecular flexibility index (Phi) is 4.16. The van der Waals surface area contributed by atoms with E-state index in [1.54, 1.807) is 24.3 Å². The molecule has 0 atom stereocenters. The lowest BCUT2D eigenvalue weighted by Gasteiger charge is -2.10. The molecule has 20 heavy (non-hydrogen) atoms. The number of hydrogen-bond donors (Lipinski definition) is 0. The van der Waals surface area contributed by atoms with Gasteiger partial charge in [-0.25, -0.2) is 0 Å². The van der Waals surface area contributed by atoms with Crippen LogP contribution in [0.4, 0.5) is 13.2 Å². The molecule has 2 rings (SSSR count). The van der Waals surface area contributed by atoms with Gasteiger partial charge in [-0.05, 0) is 18.2 Å². The lowest BCUT2D eigenvalue weighted by molar-refractivity contribution is -0.141. The number of rotatable bonds is 5. The van der Waals surface area contributed by atoms with Crippen molar-refractivity contribution < 1.29 is 22.6 Å². The lowest BCUT2D eigenvalue weighted by atomic mass is 10.3. The number of aromatic nitrogens is 2. The van der Waals surface area contributed by atoms with Gasteiger partial charge in [0.25, 0.3) is 0 Å². The van der Waals surface area contributed by atoms with Crippen molar-refractivity contribution in [3.63, 3.8) is 0 Å². The molecule has 0 radical (unpaired) electrons. The molecule has 1 heterocycles. The highest BCUT2D eigenvalue weighted by Gasteiger charge is 2.33. The van der Waals surface area contributed by atoms with Crippen LogP contribution in [0.1, 0.15) is 5.69 Å². The smallest absolute Gasteiger partial charge is 0.435 e. The number of benzene rings is 1. The van der Waals surface area contributed by atoms with Gasteiger partial charge in [0.2, 0.25) is 0 Å². The van der Waals surface area contributed by atoms with Gasteiger partial charge in [-0.2, -0.15) is 18.3 Å². The number of hydrogen-bond acceptors (Lipinski definition) is 3. The topological polar surface area (TPSA) is 36.3 Å². The van der Waals surface area contributed by atoms with E-state index in [0.29, 0.717) is 11.5 Å². The van der Waals surface area contributed by atoms with Gasteiger partial charge in [0, 0.05) is 6.20 Å². The highest BCUT2D eigenvalue weighted by Crippen LogP contribution is 2.27. The van der Waals surface area contributed by atoms with Crippen molar-refractivity contribution >= 4 is 0 Å². The first kappa shape index (κ1) is 14.2. The van der Waals surface area contributed by atoms with Crippen LogP contribution in [-0.4, -0.2) is 23.5 Å². The second-order valence-corrected chi connectivity index (χ2v) is 3.96. The Morgan fingerprint density at radius 1 is 1.15 bits per heavy atom. The summed E-state index contributed by atoms with van der Waals surface area (Å²) in [6.07, 6.45) is -3.15. The van der Waals surface area contributed by atoms with Crippen molar-refractivity contribution in [3.8, 4) is 11.5 Å². The van der Waals surface area contributed by atoms with E-state index in [0.717, 1.165) is 6.07 Å². The largest absolute Gasteiger partial charge is 0.493 e. The first-order valence-corrected chi connectivity index (χ1v) is 5.87. The molecule has 1 aromatic heterocycles. The van der Waals surface area contributed by atoms with E-state index in [2.05, 4.69) is 5.10 Å². The van der Waals surface area contributed by atoms with Gasteiger partial charge in [-0.15, -0.1) is 0 Å². The summed E-state index contributed by atoms with van der Waals surface area (Å²) >= 11 is 0. The van der Waals surface area contributed by atoms with E-state index in [1.165, 1.54) is 18.0 Å². The lowest BCUT2D eigenvalue weighted by Crippen LogP contribution is -2.12. The van der Waals surface area contributed by atoms with Gasteiger partial charge in [-0.1, -0.05) is 12.1 Å². The minimum absolute atomic E-state index is 0.194. The maximum atomic E-state index is 12.4. The van der Waals surface area contributed by atoms with E-state index < -0.39 is 11.9 Å². The van der Waals surface area contributed by atoms with E-state index in [1.807, 2.05) is 0 Å². The maximum absolute atomic E-state index is 12.4. The molecule has 4 nitrogen and oxygen atoms in total. The molecule has 0 saturated carbocycles. The quantitative estimate of drug-likeness (QED) is 0.847. The van der Waals surface area contributed by atoms with Crippen LogP contribution in [0.15, 0.2) is 36.5 Å². The Bertz CT molecular complexity index is 567. The van der Waals surface area contributed by atoms with Crippen LogP contribution < -0.4 is 9.47 Å². The fraction of sp³-hybridized carbons (Fsp3) is 0.308. The fourth-order valence-corrected chi connectivity index (χ4v) is 1.62. The van der Waals surface area contributed by atoms with Crippen molar-refractivity contribution in [3.05, 3.63) is 42.2 Å². The van der Waals surface area contributed by atoms with Crippen LogP contribution >= 0.6 is 0 Å². The molecule has 0 fully saturated rings. The number of para-hydroxylation sites is 2. The van der Waals surface area contributed by atoms with Crippen LogP contribution in [-0.2, 0) is 12.7 Å². The maximum Gasteiger partial charge on any atom is 0.435 e. The van der Waals surface area contributed by atoms with Crippen molar-refractivity contribution in [1.29, 1.82) is 0 Å². The third-order valence-corrected chi connectivity index (χ3v) is 2.58. The highest BCUT2D eigenvalue weighted by atomic mass is 19.4. The SMILES string of the molecule is COc1ccccc1OCCn1ccc(C(F)(F)F)n1. The Morgan fingerprint density at radius 2 is 1.85 bits per heavy atom. The molecule has 0 N–H and O–H groups in total. The third-order valence-electron chi connectivity index (χ3n) is 2.58. The highest BCUT2D eigenvalue weighted by molar-refractivity contribution is 5.39. The van der Waals surface area contributed by atoms with Crippen LogP contribution in [0, 0.1) is 0 Å². The molecule has 0 aliphatic carbocycles. The van der Waals surface area contributed by atoms with E-state index in [9.17, 15) is 13.2 Å². The molecular weight excluding hydrogens is 273 g/mol. The molecule has 0 unspecified atom stereocenters. The van der Waals surface area contributed by atoms with Crippen LogP contribution in [0.25, 0.3) is 0 Å². The van der Waals surface area contributed by atoms with Gasteiger partial charge in [0.05, 0.1) is 13.7 Å². The second kappa shape index (κ2) is 5.85. The van der Waals surface area contributed by atoms with Crippen molar-refractivity contribution in [2.45, 2.75) is 12.7 Å². The standard InChI is InChI=1S/C13H13F3N2O2/c1-19-10-4-2-3-5-11(10)20-9-8-18-7-6-12(17-18)13(14,15)16/h2-7H,8-9H2,1H3. The average molecular weight is 286 g/mol. The minimum atomic E-state index is -4.42. The van der Waals surface area contributed by atoms with E-state index in [4.69, 9.17) is 9.47 Å². The monoisotopic (exact) mass is 286 g/mol. The van der Waals surface area contributed by atoms with E-state index in [-0.39, 0.29) is 13.2 Å². The van der Waals surface area contributed by atoms with Gasteiger partial charge in [0.1, 0.15) is 6.61 Å². The van der Waals surface area contributed by atoms with Crippen molar-refractivity contribution in [2.75, 3.05) is 13.7 Å². The van der Waals surface area contributed by atoms with Crippen LogP contribution in [0.3, 0.4) is 0 Å². The van der Waals surface area contributed by atoms with Gasteiger partial charge >= 0.3 is 6.18 Å². The fourth-order valence-electron chi connectivity index (χ4n) is 1.62.